The summed E-state index contributed by atoms with van der Waals surface area (Å²) in [5.74, 6) is 0.230. The summed E-state index contributed by atoms with van der Waals surface area (Å²) in [6.45, 7) is 10.1. The first-order chi connectivity index (χ1) is 8.59. The average Bonchev–Trinajstić information content (AvgIpc) is 2.22. The lowest BCUT2D eigenvalue weighted by atomic mass is 9.48. The van der Waals surface area contributed by atoms with Crippen molar-refractivity contribution < 1.29 is 14.6 Å². The van der Waals surface area contributed by atoms with Gasteiger partial charge in [0.25, 0.3) is 0 Å². The van der Waals surface area contributed by atoms with E-state index in [1.807, 2.05) is 6.92 Å². The van der Waals surface area contributed by atoms with Crippen LogP contribution in [0.5, 0.6) is 0 Å². The van der Waals surface area contributed by atoms with Crippen molar-refractivity contribution in [2.24, 2.45) is 16.7 Å². The van der Waals surface area contributed by atoms with Crippen LogP contribution in [0.1, 0.15) is 66.7 Å². The fourth-order valence-corrected chi connectivity index (χ4v) is 4.91. The Morgan fingerprint density at radius 2 is 1.79 bits per heavy atom. The molecule has 2 rings (SSSR count). The monoisotopic (exact) mass is 268 g/mol. The van der Waals surface area contributed by atoms with Crippen LogP contribution in [0.2, 0.25) is 0 Å². The molecule has 2 aliphatic carbocycles. The Kier molecular flexibility index (Phi) is 3.49. The summed E-state index contributed by atoms with van der Waals surface area (Å²) in [7, 11) is 0. The molecular formula is C16H28O3. The van der Waals surface area contributed by atoms with Crippen molar-refractivity contribution in [3.63, 3.8) is 0 Å². The average molecular weight is 268 g/mol. The zero-order valence-corrected chi connectivity index (χ0v) is 13.0. The van der Waals surface area contributed by atoms with Gasteiger partial charge in [0.15, 0.2) is 0 Å². The second-order valence-electron chi connectivity index (χ2n) is 7.79. The molecule has 0 aliphatic heterocycles. The van der Waals surface area contributed by atoms with Gasteiger partial charge in [-0.05, 0) is 43.9 Å². The van der Waals surface area contributed by atoms with Crippen molar-refractivity contribution in [1.82, 2.24) is 0 Å². The zero-order chi connectivity index (χ0) is 14.5. The van der Waals surface area contributed by atoms with Crippen molar-refractivity contribution in [3.05, 3.63) is 0 Å². The minimum atomic E-state index is -0.898. The van der Waals surface area contributed by atoms with E-state index in [0.29, 0.717) is 12.3 Å². The van der Waals surface area contributed by atoms with Crippen LogP contribution < -0.4 is 0 Å². The molecule has 110 valence electrons. The van der Waals surface area contributed by atoms with Gasteiger partial charge >= 0.3 is 5.97 Å². The molecule has 2 fully saturated rings. The molecule has 0 heterocycles. The second kappa shape index (κ2) is 4.47. The van der Waals surface area contributed by atoms with Crippen molar-refractivity contribution >= 4 is 5.97 Å². The number of fused-ring (bicyclic) bond motifs is 1. The Hall–Kier alpha value is -0.570. The van der Waals surface area contributed by atoms with Gasteiger partial charge in [0.2, 0.25) is 0 Å². The van der Waals surface area contributed by atoms with Crippen LogP contribution in [-0.4, -0.2) is 22.8 Å². The first-order valence-electron chi connectivity index (χ1n) is 7.49. The number of ether oxygens (including phenoxy) is 1. The number of rotatable bonds is 1. The number of carbonyl (C=O) groups is 1. The quantitative estimate of drug-likeness (QED) is 0.742. The number of carbonyl (C=O) groups excluding carboxylic acids is 1. The molecule has 4 atom stereocenters. The van der Waals surface area contributed by atoms with Gasteiger partial charge in [-0.15, -0.1) is 0 Å². The zero-order valence-electron chi connectivity index (χ0n) is 13.0. The fourth-order valence-electron chi connectivity index (χ4n) is 4.91. The van der Waals surface area contributed by atoms with Crippen LogP contribution in [0, 0.1) is 16.7 Å². The highest BCUT2D eigenvalue weighted by Gasteiger charge is 2.59. The maximum absolute atomic E-state index is 11.4. The fraction of sp³-hybridized carbons (Fsp3) is 0.938. The Morgan fingerprint density at radius 3 is 2.37 bits per heavy atom. The molecule has 0 saturated heterocycles. The third-order valence-electron chi connectivity index (χ3n) is 5.66. The van der Waals surface area contributed by atoms with E-state index in [1.54, 1.807) is 0 Å². The van der Waals surface area contributed by atoms with Crippen molar-refractivity contribution in [3.8, 4) is 0 Å². The highest BCUT2D eigenvalue weighted by atomic mass is 16.6. The van der Waals surface area contributed by atoms with Gasteiger partial charge in [0.05, 0.1) is 5.60 Å². The van der Waals surface area contributed by atoms with Crippen molar-refractivity contribution in [1.29, 1.82) is 0 Å². The predicted octanol–water partition coefficient (Wildman–Crippen LogP) is 3.30. The van der Waals surface area contributed by atoms with E-state index in [9.17, 15) is 9.90 Å². The normalized spacial score (nSPS) is 45.4. The number of aliphatic hydroxyl groups is 1. The molecule has 0 radical (unpaired) electrons. The third kappa shape index (κ3) is 2.42. The summed E-state index contributed by atoms with van der Waals surface area (Å²) in [6.07, 6.45) is 4.77. The predicted molar refractivity (Wildman–Crippen MR) is 74.6 cm³/mol. The van der Waals surface area contributed by atoms with Crippen LogP contribution in [0.4, 0.5) is 0 Å². The van der Waals surface area contributed by atoms with Crippen LogP contribution >= 0.6 is 0 Å². The molecule has 19 heavy (non-hydrogen) atoms. The standard InChI is InChI=1S/C16H28O3/c1-11(17)19-13-15(4)9-6-8-14(2,3)12(15)7-10-16(13,5)18/h12-13,18H,6-10H2,1-5H3/t12-,13+,15-,16-/m0/s1. The van der Waals surface area contributed by atoms with E-state index < -0.39 is 5.60 Å². The number of hydrogen-bond donors (Lipinski definition) is 1. The Morgan fingerprint density at radius 1 is 1.16 bits per heavy atom. The molecule has 0 aromatic heterocycles. The topological polar surface area (TPSA) is 46.5 Å². The van der Waals surface area contributed by atoms with Gasteiger partial charge in [0, 0.05) is 12.3 Å². The smallest absolute Gasteiger partial charge is 0.303 e. The third-order valence-corrected chi connectivity index (χ3v) is 5.66. The summed E-state index contributed by atoms with van der Waals surface area (Å²) >= 11 is 0. The lowest BCUT2D eigenvalue weighted by Crippen LogP contribution is -2.62. The summed E-state index contributed by atoms with van der Waals surface area (Å²) < 4.78 is 5.58. The highest BCUT2D eigenvalue weighted by Crippen LogP contribution is 2.60. The molecule has 3 heteroatoms. The summed E-state index contributed by atoms with van der Waals surface area (Å²) in [6, 6.07) is 0. The van der Waals surface area contributed by atoms with Crippen LogP contribution in [0.3, 0.4) is 0 Å². The van der Waals surface area contributed by atoms with E-state index in [-0.39, 0.29) is 22.9 Å². The molecule has 0 aromatic rings. The molecule has 1 N–H and O–H groups in total. The van der Waals surface area contributed by atoms with Gasteiger partial charge in [0.1, 0.15) is 6.10 Å². The maximum atomic E-state index is 11.4. The van der Waals surface area contributed by atoms with E-state index in [2.05, 4.69) is 20.8 Å². The van der Waals surface area contributed by atoms with Crippen LogP contribution in [0.15, 0.2) is 0 Å². The van der Waals surface area contributed by atoms with Crippen LogP contribution in [-0.2, 0) is 9.53 Å². The second-order valence-corrected chi connectivity index (χ2v) is 7.79. The van der Waals surface area contributed by atoms with Gasteiger partial charge in [-0.25, -0.2) is 0 Å². The summed E-state index contributed by atoms with van der Waals surface area (Å²) in [5, 5.41) is 10.7. The summed E-state index contributed by atoms with van der Waals surface area (Å²) in [4.78, 5) is 11.4. The largest absolute Gasteiger partial charge is 0.459 e. The van der Waals surface area contributed by atoms with E-state index >= 15 is 0 Å². The number of hydrogen-bond acceptors (Lipinski definition) is 3. The molecule has 0 bridgehead atoms. The molecule has 0 spiro atoms. The van der Waals surface area contributed by atoms with Crippen molar-refractivity contribution in [2.45, 2.75) is 78.4 Å². The molecule has 0 unspecified atom stereocenters. The maximum Gasteiger partial charge on any atom is 0.303 e. The SMILES string of the molecule is CC(=O)O[C@@H]1[C@@]2(C)CCCC(C)(C)[C@@H]2CC[C@]1(C)O. The van der Waals surface area contributed by atoms with E-state index in [1.165, 1.54) is 13.3 Å². The molecule has 2 aliphatic rings. The van der Waals surface area contributed by atoms with E-state index in [4.69, 9.17) is 4.74 Å². The Labute approximate surface area is 116 Å². The van der Waals surface area contributed by atoms with Gasteiger partial charge in [-0.2, -0.15) is 0 Å². The van der Waals surface area contributed by atoms with Crippen molar-refractivity contribution in [2.75, 3.05) is 0 Å². The minimum absolute atomic E-state index is 0.102. The molecule has 0 amide bonds. The lowest BCUT2D eigenvalue weighted by molar-refractivity contribution is -0.222. The van der Waals surface area contributed by atoms with Gasteiger partial charge < -0.3 is 9.84 Å². The van der Waals surface area contributed by atoms with Gasteiger partial charge in [-0.1, -0.05) is 27.2 Å². The lowest BCUT2D eigenvalue weighted by Gasteiger charge is -2.59. The molecular weight excluding hydrogens is 240 g/mol. The molecule has 0 aromatic carbocycles. The highest BCUT2D eigenvalue weighted by molar-refractivity contribution is 5.66. The molecule has 2 saturated carbocycles. The Bertz CT molecular complexity index is 372. The number of esters is 1. The first-order valence-corrected chi connectivity index (χ1v) is 7.49. The first kappa shape index (κ1) is 14.8. The minimum Gasteiger partial charge on any atom is -0.459 e. The Balaban J connectivity index is 2.38. The summed E-state index contributed by atoms with van der Waals surface area (Å²) in [5.41, 5.74) is -0.735. The van der Waals surface area contributed by atoms with Crippen LogP contribution in [0.25, 0.3) is 0 Å². The van der Waals surface area contributed by atoms with Gasteiger partial charge in [-0.3, -0.25) is 4.79 Å². The molecule has 3 nitrogen and oxygen atoms in total. The van der Waals surface area contributed by atoms with E-state index in [0.717, 1.165) is 19.3 Å².